The van der Waals surface area contributed by atoms with Crippen LogP contribution in [0.15, 0.2) is 0 Å². The summed E-state index contributed by atoms with van der Waals surface area (Å²) >= 11 is 0. The van der Waals surface area contributed by atoms with Crippen LogP contribution in [0.25, 0.3) is 0 Å². The summed E-state index contributed by atoms with van der Waals surface area (Å²) in [5.41, 5.74) is -0.635. The van der Waals surface area contributed by atoms with Gasteiger partial charge >= 0.3 is 0 Å². The lowest BCUT2D eigenvalue weighted by molar-refractivity contribution is -0.116. The molecule has 0 saturated heterocycles. The Hall–Kier alpha value is -0.120. The first-order valence-corrected chi connectivity index (χ1v) is 4.47. The number of aliphatic hydroxyl groups is 2. The standard InChI is InChI=1S/C9H20O3/c1-4-5-6-12-9(2,3)8(11)7-10/h8,10-11H,4-7H2,1-3H3. The minimum Gasteiger partial charge on any atom is -0.394 e. The molecule has 0 saturated carbocycles. The quantitative estimate of drug-likeness (QED) is 0.592. The van der Waals surface area contributed by atoms with Gasteiger partial charge in [0.2, 0.25) is 0 Å². The molecule has 74 valence electrons. The molecule has 3 heteroatoms. The van der Waals surface area contributed by atoms with E-state index in [0.717, 1.165) is 12.8 Å². The van der Waals surface area contributed by atoms with E-state index in [4.69, 9.17) is 9.84 Å². The van der Waals surface area contributed by atoms with E-state index in [1.807, 2.05) is 0 Å². The molecule has 0 bridgehead atoms. The van der Waals surface area contributed by atoms with Gasteiger partial charge in [-0.3, -0.25) is 0 Å². The highest BCUT2D eigenvalue weighted by Gasteiger charge is 2.27. The number of rotatable bonds is 6. The number of hydrogen-bond acceptors (Lipinski definition) is 3. The van der Waals surface area contributed by atoms with Gasteiger partial charge in [-0.05, 0) is 20.3 Å². The van der Waals surface area contributed by atoms with Crippen LogP contribution in [0.2, 0.25) is 0 Å². The van der Waals surface area contributed by atoms with Crippen LogP contribution in [0.1, 0.15) is 33.6 Å². The van der Waals surface area contributed by atoms with Gasteiger partial charge in [-0.25, -0.2) is 0 Å². The third-order valence-corrected chi connectivity index (χ3v) is 1.95. The van der Waals surface area contributed by atoms with Crippen molar-refractivity contribution >= 4 is 0 Å². The number of ether oxygens (including phenoxy) is 1. The van der Waals surface area contributed by atoms with Gasteiger partial charge in [-0.1, -0.05) is 13.3 Å². The van der Waals surface area contributed by atoms with Gasteiger partial charge in [0.05, 0.1) is 12.2 Å². The lowest BCUT2D eigenvalue weighted by Gasteiger charge is -2.29. The van der Waals surface area contributed by atoms with E-state index >= 15 is 0 Å². The molecule has 1 unspecified atom stereocenters. The van der Waals surface area contributed by atoms with Crippen LogP contribution in [0.5, 0.6) is 0 Å². The zero-order chi connectivity index (χ0) is 9.61. The fraction of sp³-hybridized carbons (Fsp3) is 1.00. The van der Waals surface area contributed by atoms with Crippen molar-refractivity contribution in [2.45, 2.75) is 45.3 Å². The highest BCUT2D eigenvalue weighted by Crippen LogP contribution is 2.14. The third kappa shape index (κ3) is 4.04. The van der Waals surface area contributed by atoms with Crippen molar-refractivity contribution < 1.29 is 14.9 Å². The number of hydrogen-bond donors (Lipinski definition) is 2. The molecule has 0 aliphatic rings. The molecule has 0 aromatic rings. The minimum atomic E-state index is -0.797. The first-order valence-electron chi connectivity index (χ1n) is 4.47. The van der Waals surface area contributed by atoms with Crippen LogP contribution in [-0.4, -0.2) is 35.1 Å². The molecular weight excluding hydrogens is 156 g/mol. The molecule has 0 spiro atoms. The van der Waals surface area contributed by atoms with Crippen LogP contribution in [0.3, 0.4) is 0 Å². The molecule has 0 rings (SSSR count). The normalized spacial score (nSPS) is 14.8. The largest absolute Gasteiger partial charge is 0.394 e. The highest BCUT2D eigenvalue weighted by atomic mass is 16.5. The SMILES string of the molecule is CCCCOC(C)(C)C(O)CO. The van der Waals surface area contributed by atoms with Crippen LogP contribution in [0.4, 0.5) is 0 Å². The van der Waals surface area contributed by atoms with E-state index in [2.05, 4.69) is 6.92 Å². The van der Waals surface area contributed by atoms with Gasteiger partial charge < -0.3 is 14.9 Å². The fourth-order valence-corrected chi connectivity index (χ4v) is 0.796. The van der Waals surface area contributed by atoms with Gasteiger partial charge in [0, 0.05) is 6.61 Å². The van der Waals surface area contributed by atoms with Gasteiger partial charge in [0.1, 0.15) is 6.10 Å². The predicted molar refractivity (Wildman–Crippen MR) is 48.0 cm³/mol. The van der Waals surface area contributed by atoms with Crippen LogP contribution >= 0.6 is 0 Å². The zero-order valence-electron chi connectivity index (χ0n) is 8.21. The lowest BCUT2D eigenvalue weighted by Crippen LogP contribution is -2.41. The molecule has 3 nitrogen and oxygen atoms in total. The smallest absolute Gasteiger partial charge is 0.105 e. The molecule has 1 atom stereocenters. The maximum atomic E-state index is 9.31. The molecule has 0 fully saturated rings. The van der Waals surface area contributed by atoms with Gasteiger partial charge in [0.25, 0.3) is 0 Å². The Morgan fingerprint density at radius 1 is 1.42 bits per heavy atom. The average Bonchev–Trinajstić information content (AvgIpc) is 2.03. The number of aliphatic hydroxyl groups excluding tert-OH is 2. The second kappa shape index (κ2) is 5.51. The Morgan fingerprint density at radius 3 is 2.42 bits per heavy atom. The minimum absolute atomic E-state index is 0.251. The van der Waals surface area contributed by atoms with E-state index < -0.39 is 11.7 Å². The first kappa shape index (κ1) is 11.9. The van der Waals surface area contributed by atoms with E-state index in [0.29, 0.717) is 6.61 Å². The molecule has 0 aromatic heterocycles. The molecular formula is C9H20O3. The maximum Gasteiger partial charge on any atom is 0.105 e. The van der Waals surface area contributed by atoms with E-state index in [1.54, 1.807) is 13.8 Å². The van der Waals surface area contributed by atoms with Crippen molar-refractivity contribution in [3.05, 3.63) is 0 Å². The average molecular weight is 176 g/mol. The Balaban J connectivity index is 3.70. The predicted octanol–water partition coefficient (Wildman–Crippen LogP) is 0.935. The topological polar surface area (TPSA) is 49.7 Å². The monoisotopic (exact) mass is 176 g/mol. The van der Waals surface area contributed by atoms with Crippen LogP contribution in [-0.2, 0) is 4.74 Å². The van der Waals surface area contributed by atoms with Crippen molar-refractivity contribution in [2.24, 2.45) is 0 Å². The highest BCUT2D eigenvalue weighted by molar-refractivity contribution is 4.77. The lowest BCUT2D eigenvalue weighted by atomic mass is 10.0. The summed E-state index contributed by atoms with van der Waals surface area (Å²) in [7, 11) is 0. The molecule has 0 radical (unpaired) electrons. The van der Waals surface area contributed by atoms with Crippen molar-refractivity contribution in [3.8, 4) is 0 Å². The Bertz CT molecular complexity index is 112. The van der Waals surface area contributed by atoms with E-state index in [9.17, 15) is 5.11 Å². The van der Waals surface area contributed by atoms with Crippen molar-refractivity contribution in [3.63, 3.8) is 0 Å². The zero-order valence-corrected chi connectivity index (χ0v) is 8.21. The summed E-state index contributed by atoms with van der Waals surface area (Å²) < 4.78 is 5.41. The Labute approximate surface area is 74.4 Å². The maximum absolute atomic E-state index is 9.31. The van der Waals surface area contributed by atoms with Crippen molar-refractivity contribution in [2.75, 3.05) is 13.2 Å². The Morgan fingerprint density at radius 2 is 2.00 bits per heavy atom. The summed E-state index contributed by atoms with van der Waals surface area (Å²) in [4.78, 5) is 0. The van der Waals surface area contributed by atoms with E-state index in [-0.39, 0.29) is 6.61 Å². The third-order valence-electron chi connectivity index (χ3n) is 1.95. The first-order chi connectivity index (χ1) is 5.54. The molecule has 0 amide bonds. The summed E-state index contributed by atoms with van der Waals surface area (Å²) in [6, 6.07) is 0. The molecule has 0 aromatic carbocycles. The summed E-state index contributed by atoms with van der Waals surface area (Å²) in [5.74, 6) is 0. The fourth-order valence-electron chi connectivity index (χ4n) is 0.796. The van der Waals surface area contributed by atoms with E-state index in [1.165, 1.54) is 0 Å². The molecule has 0 heterocycles. The van der Waals surface area contributed by atoms with Gasteiger partial charge in [-0.15, -0.1) is 0 Å². The molecule has 0 aliphatic heterocycles. The second-order valence-corrected chi connectivity index (χ2v) is 3.50. The van der Waals surface area contributed by atoms with Gasteiger partial charge in [-0.2, -0.15) is 0 Å². The van der Waals surface area contributed by atoms with Crippen molar-refractivity contribution in [1.29, 1.82) is 0 Å². The second-order valence-electron chi connectivity index (χ2n) is 3.50. The summed E-state index contributed by atoms with van der Waals surface area (Å²) in [6.07, 6.45) is 1.27. The molecule has 0 aliphatic carbocycles. The molecule has 12 heavy (non-hydrogen) atoms. The van der Waals surface area contributed by atoms with Crippen LogP contribution in [0, 0.1) is 0 Å². The van der Waals surface area contributed by atoms with Crippen molar-refractivity contribution in [1.82, 2.24) is 0 Å². The number of unbranched alkanes of at least 4 members (excludes halogenated alkanes) is 1. The van der Waals surface area contributed by atoms with Gasteiger partial charge in [0.15, 0.2) is 0 Å². The summed E-state index contributed by atoms with van der Waals surface area (Å²) in [5, 5.41) is 18.0. The summed E-state index contributed by atoms with van der Waals surface area (Å²) in [6.45, 7) is 6.03. The molecule has 2 N–H and O–H groups in total. The Kier molecular flexibility index (Phi) is 5.46. The van der Waals surface area contributed by atoms with Crippen LogP contribution < -0.4 is 0 Å².